The van der Waals surface area contributed by atoms with Crippen molar-refractivity contribution in [2.24, 2.45) is 13.0 Å². The Morgan fingerprint density at radius 2 is 2.21 bits per heavy atom. The SMILES string of the molecule is CSCc1ccc(C(=O)N2CCC(C(O)c3nccn3C)CC2)o1. The molecule has 3 heterocycles. The molecule has 3 rings (SSSR count). The van der Waals surface area contributed by atoms with E-state index in [1.165, 1.54) is 0 Å². The largest absolute Gasteiger partial charge is 0.455 e. The first-order valence-corrected chi connectivity index (χ1v) is 9.51. The van der Waals surface area contributed by atoms with E-state index in [0.29, 0.717) is 24.7 Å². The fourth-order valence-corrected chi connectivity index (χ4v) is 3.60. The fraction of sp³-hybridized carbons (Fsp3) is 0.529. The number of hydrogen-bond acceptors (Lipinski definition) is 5. The number of likely N-dealkylation sites (tertiary alicyclic amines) is 1. The molecule has 0 radical (unpaired) electrons. The van der Waals surface area contributed by atoms with E-state index < -0.39 is 6.10 Å². The van der Waals surface area contributed by atoms with Crippen LogP contribution in [0.15, 0.2) is 28.9 Å². The summed E-state index contributed by atoms with van der Waals surface area (Å²) < 4.78 is 7.46. The van der Waals surface area contributed by atoms with Crippen molar-refractivity contribution >= 4 is 17.7 Å². The van der Waals surface area contributed by atoms with Crippen LogP contribution in [0, 0.1) is 5.92 Å². The molecule has 0 aromatic carbocycles. The number of hydrogen-bond donors (Lipinski definition) is 1. The zero-order chi connectivity index (χ0) is 17.1. The van der Waals surface area contributed by atoms with Gasteiger partial charge in [-0.3, -0.25) is 4.79 Å². The number of amides is 1. The molecular formula is C17H23N3O3S. The Kier molecular flexibility index (Phi) is 5.30. The molecule has 1 saturated heterocycles. The standard InChI is InChI=1S/C17H23N3O3S/c1-19-10-7-18-16(19)15(21)12-5-8-20(9-6-12)17(22)14-4-3-13(23-14)11-24-2/h3-4,7,10,12,15,21H,5-6,8-9,11H2,1-2H3. The Bertz CT molecular complexity index is 689. The Morgan fingerprint density at radius 1 is 1.46 bits per heavy atom. The molecule has 0 bridgehead atoms. The normalized spacial score (nSPS) is 17.2. The first-order valence-electron chi connectivity index (χ1n) is 8.12. The lowest BCUT2D eigenvalue weighted by Gasteiger charge is -2.33. The third-order valence-electron chi connectivity index (χ3n) is 4.56. The monoisotopic (exact) mass is 349 g/mol. The first-order chi connectivity index (χ1) is 11.6. The van der Waals surface area contributed by atoms with Crippen LogP contribution >= 0.6 is 11.8 Å². The van der Waals surface area contributed by atoms with Crippen molar-refractivity contribution in [1.29, 1.82) is 0 Å². The molecule has 0 aliphatic carbocycles. The second-order valence-corrected chi connectivity index (χ2v) is 7.04. The number of carbonyl (C=O) groups excluding carboxylic acids is 1. The highest BCUT2D eigenvalue weighted by atomic mass is 32.2. The van der Waals surface area contributed by atoms with Gasteiger partial charge in [0.2, 0.25) is 0 Å². The number of piperidine rings is 1. The number of furan rings is 1. The summed E-state index contributed by atoms with van der Waals surface area (Å²) in [7, 11) is 1.88. The van der Waals surface area contributed by atoms with Gasteiger partial charge in [0.1, 0.15) is 17.7 Å². The minimum Gasteiger partial charge on any atom is -0.455 e. The quantitative estimate of drug-likeness (QED) is 0.898. The third kappa shape index (κ3) is 3.52. The van der Waals surface area contributed by atoms with Crippen molar-refractivity contribution in [1.82, 2.24) is 14.5 Å². The zero-order valence-electron chi connectivity index (χ0n) is 14.0. The van der Waals surface area contributed by atoms with Crippen LogP contribution in [0.5, 0.6) is 0 Å². The number of aryl methyl sites for hydroxylation is 1. The number of aliphatic hydroxyl groups is 1. The lowest BCUT2D eigenvalue weighted by Crippen LogP contribution is -2.39. The number of rotatable bonds is 5. The third-order valence-corrected chi connectivity index (χ3v) is 5.13. The van der Waals surface area contributed by atoms with E-state index in [2.05, 4.69) is 4.98 Å². The first kappa shape index (κ1) is 17.1. The number of imidazole rings is 1. The second-order valence-electron chi connectivity index (χ2n) is 6.17. The van der Waals surface area contributed by atoms with E-state index in [1.54, 1.807) is 24.0 Å². The number of carbonyl (C=O) groups is 1. The van der Waals surface area contributed by atoms with E-state index in [9.17, 15) is 9.90 Å². The van der Waals surface area contributed by atoms with E-state index in [0.717, 1.165) is 24.4 Å². The summed E-state index contributed by atoms with van der Waals surface area (Å²) >= 11 is 1.66. The maximum Gasteiger partial charge on any atom is 0.289 e. The Labute approximate surface area is 145 Å². The van der Waals surface area contributed by atoms with Gasteiger partial charge in [-0.25, -0.2) is 4.98 Å². The number of aliphatic hydroxyl groups excluding tert-OH is 1. The Hall–Kier alpha value is -1.73. The molecular weight excluding hydrogens is 326 g/mol. The van der Waals surface area contributed by atoms with Gasteiger partial charge in [0.25, 0.3) is 5.91 Å². The molecule has 1 N–H and O–H groups in total. The van der Waals surface area contributed by atoms with Gasteiger partial charge in [0.05, 0.1) is 5.75 Å². The van der Waals surface area contributed by atoms with Crippen LogP contribution in [0.2, 0.25) is 0 Å². The van der Waals surface area contributed by atoms with Gasteiger partial charge in [-0.2, -0.15) is 11.8 Å². The lowest BCUT2D eigenvalue weighted by atomic mass is 9.90. The molecule has 2 aromatic rings. The molecule has 2 aromatic heterocycles. The molecule has 1 atom stereocenters. The smallest absolute Gasteiger partial charge is 0.289 e. The molecule has 1 unspecified atom stereocenters. The van der Waals surface area contributed by atoms with Crippen LogP contribution in [-0.2, 0) is 12.8 Å². The maximum atomic E-state index is 12.5. The minimum atomic E-state index is -0.584. The second kappa shape index (κ2) is 7.44. The summed E-state index contributed by atoms with van der Waals surface area (Å²) in [6.45, 7) is 1.26. The Morgan fingerprint density at radius 3 is 2.83 bits per heavy atom. The van der Waals surface area contributed by atoms with Crippen LogP contribution in [0.1, 0.15) is 41.1 Å². The number of aromatic nitrogens is 2. The van der Waals surface area contributed by atoms with Crippen LogP contribution in [0.25, 0.3) is 0 Å². The van der Waals surface area contributed by atoms with Crippen LogP contribution < -0.4 is 0 Å². The topological polar surface area (TPSA) is 71.5 Å². The molecule has 7 heteroatoms. The highest BCUT2D eigenvalue weighted by Gasteiger charge is 2.31. The highest BCUT2D eigenvalue weighted by Crippen LogP contribution is 2.30. The van der Waals surface area contributed by atoms with Crippen molar-refractivity contribution in [2.45, 2.75) is 24.7 Å². The van der Waals surface area contributed by atoms with Crippen LogP contribution in [-0.4, -0.2) is 44.8 Å². The van der Waals surface area contributed by atoms with Crippen molar-refractivity contribution < 1.29 is 14.3 Å². The average molecular weight is 349 g/mol. The molecule has 1 amide bonds. The predicted molar refractivity (Wildman–Crippen MR) is 92.7 cm³/mol. The summed E-state index contributed by atoms with van der Waals surface area (Å²) in [6.07, 6.45) is 6.47. The van der Waals surface area contributed by atoms with Gasteiger partial charge in [-0.15, -0.1) is 0 Å². The van der Waals surface area contributed by atoms with Gasteiger partial charge < -0.3 is 19.0 Å². The molecule has 24 heavy (non-hydrogen) atoms. The molecule has 0 spiro atoms. The molecule has 1 aliphatic rings. The summed E-state index contributed by atoms with van der Waals surface area (Å²) in [5, 5.41) is 10.5. The van der Waals surface area contributed by atoms with Crippen molar-refractivity contribution in [2.75, 3.05) is 19.3 Å². The number of thioether (sulfide) groups is 1. The molecule has 6 nitrogen and oxygen atoms in total. The summed E-state index contributed by atoms with van der Waals surface area (Å²) in [6, 6.07) is 3.62. The van der Waals surface area contributed by atoms with Gasteiger partial charge in [-0.1, -0.05) is 0 Å². The molecule has 0 saturated carbocycles. The van der Waals surface area contributed by atoms with E-state index in [4.69, 9.17) is 4.42 Å². The molecule has 1 aliphatic heterocycles. The zero-order valence-corrected chi connectivity index (χ0v) is 14.8. The van der Waals surface area contributed by atoms with Crippen molar-refractivity contribution in [3.63, 3.8) is 0 Å². The van der Waals surface area contributed by atoms with Crippen LogP contribution in [0.3, 0.4) is 0 Å². The summed E-state index contributed by atoms with van der Waals surface area (Å²) in [5.41, 5.74) is 0. The van der Waals surface area contributed by atoms with Crippen molar-refractivity contribution in [3.8, 4) is 0 Å². The van der Waals surface area contributed by atoms with Gasteiger partial charge in [0.15, 0.2) is 5.76 Å². The predicted octanol–water partition coefficient (Wildman–Crippen LogP) is 2.46. The summed E-state index contributed by atoms with van der Waals surface area (Å²) in [5.74, 6) is 2.75. The van der Waals surface area contributed by atoms with E-state index in [1.807, 2.05) is 35.0 Å². The van der Waals surface area contributed by atoms with Gasteiger partial charge in [0, 0.05) is 32.5 Å². The molecule has 130 valence electrons. The Balaban J connectivity index is 1.58. The number of nitrogens with zero attached hydrogens (tertiary/aromatic N) is 3. The average Bonchev–Trinajstić information content (AvgIpc) is 3.23. The van der Waals surface area contributed by atoms with Crippen LogP contribution in [0.4, 0.5) is 0 Å². The van der Waals surface area contributed by atoms with Crippen molar-refractivity contribution in [3.05, 3.63) is 41.9 Å². The fourth-order valence-electron chi connectivity index (χ4n) is 3.16. The molecule has 1 fully saturated rings. The van der Waals surface area contributed by atoms with Gasteiger partial charge in [-0.05, 0) is 37.1 Å². The maximum absolute atomic E-state index is 12.5. The highest BCUT2D eigenvalue weighted by molar-refractivity contribution is 7.97. The van der Waals surface area contributed by atoms with Gasteiger partial charge >= 0.3 is 0 Å². The minimum absolute atomic E-state index is 0.0627. The van der Waals surface area contributed by atoms with E-state index in [-0.39, 0.29) is 11.8 Å². The lowest BCUT2D eigenvalue weighted by molar-refractivity contribution is 0.0402. The van der Waals surface area contributed by atoms with E-state index >= 15 is 0 Å². The summed E-state index contributed by atoms with van der Waals surface area (Å²) in [4.78, 5) is 18.6.